The molecule has 29 heavy (non-hydrogen) atoms. The molecule has 3 heterocycles. The molecule has 154 valence electrons. The zero-order valence-electron chi connectivity index (χ0n) is 15.9. The Morgan fingerprint density at radius 2 is 1.90 bits per heavy atom. The van der Waals surface area contributed by atoms with Crippen molar-refractivity contribution in [3.8, 4) is 0 Å². The van der Waals surface area contributed by atoms with E-state index >= 15 is 0 Å². The molecule has 1 aliphatic carbocycles. The Balaban J connectivity index is 1.42. The van der Waals surface area contributed by atoms with Crippen molar-refractivity contribution in [3.05, 3.63) is 34.4 Å². The van der Waals surface area contributed by atoms with Crippen molar-refractivity contribution in [2.45, 2.75) is 43.8 Å². The highest BCUT2D eigenvalue weighted by Crippen LogP contribution is 2.52. The third-order valence-electron chi connectivity index (χ3n) is 7.24. The van der Waals surface area contributed by atoms with E-state index in [4.69, 9.17) is 0 Å². The van der Waals surface area contributed by atoms with Gasteiger partial charge in [-0.05, 0) is 61.2 Å². The number of nitrogens with one attached hydrogen (secondary N) is 2. The SMILES string of the molecule is O=CC(=O)C1CCC(N2Cc3c(c(F)cc(F)c3C3C4CNCC3C4)C2=O)CN1. The second kappa shape index (κ2) is 6.95. The highest BCUT2D eigenvalue weighted by atomic mass is 19.1. The first-order valence-electron chi connectivity index (χ1n) is 10.2. The predicted octanol–water partition coefficient (Wildman–Crippen LogP) is 1.13. The Hall–Kier alpha value is -2.19. The zero-order chi connectivity index (χ0) is 20.3. The third kappa shape index (κ3) is 2.84. The quantitative estimate of drug-likeness (QED) is 0.582. The first-order chi connectivity index (χ1) is 14.0. The van der Waals surface area contributed by atoms with Gasteiger partial charge in [0.05, 0.1) is 11.6 Å². The summed E-state index contributed by atoms with van der Waals surface area (Å²) < 4.78 is 29.5. The van der Waals surface area contributed by atoms with Crippen LogP contribution in [-0.4, -0.2) is 54.6 Å². The van der Waals surface area contributed by atoms with Gasteiger partial charge in [0.25, 0.3) is 5.91 Å². The van der Waals surface area contributed by atoms with E-state index in [-0.39, 0.29) is 24.1 Å². The number of aldehydes is 1. The molecular weight excluding hydrogens is 380 g/mol. The maximum Gasteiger partial charge on any atom is 0.257 e. The Morgan fingerprint density at radius 1 is 1.14 bits per heavy atom. The van der Waals surface area contributed by atoms with Crippen molar-refractivity contribution in [3.63, 3.8) is 0 Å². The fourth-order valence-electron chi connectivity index (χ4n) is 5.77. The molecule has 0 aromatic heterocycles. The minimum absolute atomic E-state index is 0.00502. The van der Waals surface area contributed by atoms with Crippen LogP contribution in [0.5, 0.6) is 0 Å². The van der Waals surface area contributed by atoms with E-state index < -0.39 is 29.4 Å². The number of carbonyl (C=O) groups excluding carboxylic acids is 3. The van der Waals surface area contributed by atoms with Gasteiger partial charge in [0.1, 0.15) is 11.6 Å². The van der Waals surface area contributed by atoms with Gasteiger partial charge in [-0.25, -0.2) is 8.78 Å². The van der Waals surface area contributed by atoms with Crippen molar-refractivity contribution in [2.75, 3.05) is 19.6 Å². The maximum absolute atomic E-state index is 14.9. The number of halogens is 2. The lowest BCUT2D eigenvalue weighted by atomic mass is 9.59. The highest BCUT2D eigenvalue weighted by Gasteiger charge is 2.49. The molecule has 4 unspecified atom stereocenters. The van der Waals surface area contributed by atoms with Crippen molar-refractivity contribution in [1.82, 2.24) is 15.5 Å². The minimum atomic E-state index is -0.797. The summed E-state index contributed by atoms with van der Waals surface area (Å²) in [5.74, 6) is -1.56. The molecular formula is C21H23F2N3O3. The van der Waals surface area contributed by atoms with Gasteiger partial charge in [-0.2, -0.15) is 0 Å². The maximum atomic E-state index is 14.9. The van der Waals surface area contributed by atoms with Gasteiger partial charge in [0.2, 0.25) is 5.78 Å². The molecule has 1 aromatic carbocycles. The van der Waals surface area contributed by atoms with Crippen molar-refractivity contribution in [1.29, 1.82) is 0 Å². The van der Waals surface area contributed by atoms with Crippen LogP contribution in [0.3, 0.4) is 0 Å². The van der Waals surface area contributed by atoms with Crippen LogP contribution in [0.2, 0.25) is 0 Å². The molecule has 8 heteroatoms. The molecule has 2 N–H and O–H groups in total. The van der Waals surface area contributed by atoms with Crippen LogP contribution in [0.25, 0.3) is 0 Å². The number of benzene rings is 1. The van der Waals surface area contributed by atoms with E-state index in [1.807, 2.05) is 0 Å². The topological polar surface area (TPSA) is 78.5 Å². The first-order valence-corrected chi connectivity index (χ1v) is 10.2. The number of rotatable bonds is 4. The Kier molecular flexibility index (Phi) is 4.51. The summed E-state index contributed by atoms with van der Waals surface area (Å²) in [6.07, 6.45) is 2.32. The Bertz CT molecular complexity index is 884. The van der Waals surface area contributed by atoms with Gasteiger partial charge < -0.3 is 15.5 Å². The molecule has 2 bridgehead atoms. The van der Waals surface area contributed by atoms with Crippen LogP contribution in [-0.2, 0) is 16.1 Å². The summed E-state index contributed by atoms with van der Waals surface area (Å²) in [6, 6.07) is 0.119. The summed E-state index contributed by atoms with van der Waals surface area (Å²) in [4.78, 5) is 36.9. The molecule has 1 saturated carbocycles. The molecule has 3 fully saturated rings. The number of hydrogen-bond acceptors (Lipinski definition) is 5. The van der Waals surface area contributed by atoms with E-state index in [0.717, 1.165) is 25.6 Å². The number of ketones is 1. The van der Waals surface area contributed by atoms with E-state index in [1.165, 1.54) is 0 Å². The van der Waals surface area contributed by atoms with Gasteiger partial charge in [0, 0.05) is 25.2 Å². The fraction of sp³-hybridized carbons (Fsp3) is 0.571. The molecule has 6 nitrogen and oxygen atoms in total. The molecule has 0 radical (unpaired) electrons. The summed E-state index contributed by atoms with van der Waals surface area (Å²) in [5, 5.41) is 6.35. The molecule has 1 aromatic rings. The van der Waals surface area contributed by atoms with E-state index in [2.05, 4.69) is 10.6 Å². The monoisotopic (exact) mass is 403 g/mol. The van der Waals surface area contributed by atoms with Gasteiger partial charge in [-0.15, -0.1) is 0 Å². The molecule has 1 amide bonds. The van der Waals surface area contributed by atoms with Crippen LogP contribution in [0.1, 0.15) is 46.7 Å². The number of Topliss-reactive ketones (excluding diaryl/α,β-unsaturated/α-hetero) is 1. The predicted molar refractivity (Wildman–Crippen MR) is 99.3 cm³/mol. The summed E-state index contributed by atoms with van der Waals surface area (Å²) >= 11 is 0. The summed E-state index contributed by atoms with van der Waals surface area (Å²) in [6.45, 7) is 2.19. The lowest BCUT2D eigenvalue weighted by Gasteiger charge is -2.50. The molecule has 4 atom stereocenters. The molecule has 3 aliphatic heterocycles. The molecule has 5 rings (SSSR count). The number of hydrogen-bond donors (Lipinski definition) is 2. The van der Waals surface area contributed by atoms with Crippen LogP contribution in [0, 0.1) is 23.5 Å². The van der Waals surface area contributed by atoms with Gasteiger partial charge >= 0.3 is 0 Å². The zero-order valence-corrected chi connectivity index (χ0v) is 15.9. The van der Waals surface area contributed by atoms with E-state index in [1.54, 1.807) is 4.90 Å². The second-order valence-electron chi connectivity index (χ2n) is 8.69. The van der Waals surface area contributed by atoms with Gasteiger partial charge in [-0.1, -0.05) is 0 Å². The molecule has 4 aliphatic rings. The van der Waals surface area contributed by atoms with E-state index in [9.17, 15) is 23.2 Å². The summed E-state index contributed by atoms with van der Waals surface area (Å²) in [5.41, 5.74) is 1.03. The lowest BCUT2D eigenvalue weighted by Crippen LogP contribution is -2.52. The summed E-state index contributed by atoms with van der Waals surface area (Å²) in [7, 11) is 0. The number of fused-ring (bicyclic) bond motifs is 3. The Morgan fingerprint density at radius 3 is 2.52 bits per heavy atom. The number of amides is 1. The van der Waals surface area contributed by atoms with Gasteiger partial charge in [-0.3, -0.25) is 14.4 Å². The third-order valence-corrected chi connectivity index (χ3v) is 7.24. The van der Waals surface area contributed by atoms with Crippen LogP contribution >= 0.6 is 0 Å². The lowest BCUT2D eigenvalue weighted by molar-refractivity contribution is -0.131. The largest absolute Gasteiger partial charge is 0.330 e. The van der Waals surface area contributed by atoms with E-state index in [0.29, 0.717) is 48.6 Å². The minimum Gasteiger partial charge on any atom is -0.330 e. The first kappa shape index (κ1) is 18.8. The number of piperidine rings is 3. The Labute approximate surface area is 167 Å². The van der Waals surface area contributed by atoms with Crippen LogP contribution in [0.15, 0.2) is 6.07 Å². The normalized spacial score (nSPS) is 33.2. The van der Waals surface area contributed by atoms with Crippen LogP contribution < -0.4 is 10.6 Å². The molecule has 2 saturated heterocycles. The van der Waals surface area contributed by atoms with Crippen LogP contribution in [0.4, 0.5) is 8.78 Å². The standard InChI is InChI=1S/C21H23F2N3O3/c22-14-4-15(23)20-13(19(14)18-10-3-11(18)6-24-5-10)8-26(21(20)29)12-1-2-16(25-7-12)17(28)9-27/h4,9-12,16,18,24-25H,1-3,5-8H2. The number of nitrogens with zero attached hydrogens (tertiary/aromatic N) is 1. The average Bonchev–Trinajstić information content (AvgIpc) is 3.08. The van der Waals surface area contributed by atoms with Crippen molar-refractivity contribution < 1.29 is 23.2 Å². The highest BCUT2D eigenvalue weighted by molar-refractivity contribution is 6.27. The fourth-order valence-corrected chi connectivity index (χ4v) is 5.77. The molecule has 0 spiro atoms. The number of carbonyl (C=O) groups is 3. The van der Waals surface area contributed by atoms with Gasteiger partial charge in [0.15, 0.2) is 6.29 Å². The smallest absolute Gasteiger partial charge is 0.257 e. The van der Waals surface area contributed by atoms with Crippen molar-refractivity contribution in [2.24, 2.45) is 11.8 Å². The average molecular weight is 403 g/mol. The second-order valence-corrected chi connectivity index (χ2v) is 8.69. The van der Waals surface area contributed by atoms with Crippen molar-refractivity contribution >= 4 is 18.0 Å².